The van der Waals surface area contributed by atoms with Crippen molar-refractivity contribution in [3.8, 4) is 0 Å². The summed E-state index contributed by atoms with van der Waals surface area (Å²) in [5.41, 5.74) is 1.68. The maximum Gasteiger partial charge on any atom is 0.234 e. The van der Waals surface area contributed by atoms with Gasteiger partial charge in [-0.2, -0.15) is 0 Å². The molecule has 0 fully saturated rings. The van der Waals surface area contributed by atoms with Crippen molar-refractivity contribution in [1.82, 2.24) is 15.0 Å². The maximum atomic E-state index is 12.2. The second-order valence-corrected chi connectivity index (χ2v) is 7.74. The highest BCUT2D eigenvalue weighted by Gasteiger charge is 2.15. The third-order valence-electron chi connectivity index (χ3n) is 3.48. The van der Waals surface area contributed by atoms with Crippen molar-refractivity contribution in [1.29, 1.82) is 0 Å². The van der Waals surface area contributed by atoms with E-state index in [9.17, 15) is 4.79 Å². The number of nitrogens with zero attached hydrogens (tertiary/aromatic N) is 3. The smallest absolute Gasteiger partial charge is 0.234 e. The van der Waals surface area contributed by atoms with E-state index in [2.05, 4.69) is 34.1 Å². The predicted molar refractivity (Wildman–Crippen MR) is 100 cm³/mol. The third kappa shape index (κ3) is 3.53. The van der Waals surface area contributed by atoms with E-state index in [1.807, 2.05) is 6.92 Å². The van der Waals surface area contributed by atoms with E-state index in [4.69, 9.17) is 11.6 Å². The maximum absolute atomic E-state index is 12.2. The minimum atomic E-state index is -0.149. The molecule has 3 rings (SSSR count). The number of fused-ring (bicyclic) bond motifs is 1. The fourth-order valence-electron chi connectivity index (χ4n) is 2.22. The first-order valence-corrected chi connectivity index (χ1v) is 9.41. The molecule has 3 heterocycles. The Labute approximate surface area is 152 Å². The van der Waals surface area contributed by atoms with Crippen molar-refractivity contribution in [3.05, 3.63) is 39.7 Å². The van der Waals surface area contributed by atoms with Crippen molar-refractivity contribution >= 4 is 56.5 Å². The normalized spacial score (nSPS) is 11.0. The summed E-state index contributed by atoms with van der Waals surface area (Å²) in [6, 6.07) is 3.45. The molecule has 3 aromatic heterocycles. The Hall–Kier alpha value is -1.70. The SMILES string of the molecule is Cc1nc(SCC(=O)Nc2cccnc2Cl)c2c(C)c(C)sc2n1. The zero-order valence-electron chi connectivity index (χ0n) is 13.4. The Morgan fingerprint density at radius 1 is 1.33 bits per heavy atom. The minimum Gasteiger partial charge on any atom is -0.323 e. The average Bonchev–Trinajstić information content (AvgIpc) is 2.81. The van der Waals surface area contributed by atoms with Crippen LogP contribution in [0.15, 0.2) is 23.4 Å². The monoisotopic (exact) mass is 378 g/mol. The molecular formula is C16H15ClN4OS2. The van der Waals surface area contributed by atoms with Crippen LogP contribution in [0.1, 0.15) is 16.3 Å². The molecule has 1 amide bonds. The number of anilines is 1. The highest BCUT2D eigenvalue weighted by Crippen LogP contribution is 2.35. The first-order chi connectivity index (χ1) is 11.5. The number of hydrogen-bond acceptors (Lipinski definition) is 6. The van der Waals surface area contributed by atoms with Gasteiger partial charge in [0.2, 0.25) is 5.91 Å². The number of carbonyl (C=O) groups is 1. The van der Waals surface area contributed by atoms with Crippen LogP contribution in [0.25, 0.3) is 10.2 Å². The van der Waals surface area contributed by atoms with Crippen molar-refractivity contribution in [2.75, 3.05) is 11.1 Å². The largest absolute Gasteiger partial charge is 0.323 e. The summed E-state index contributed by atoms with van der Waals surface area (Å²) in [7, 11) is 0. The molecule has 5 nitrogen and oxygen atoms in total. The van der Waals surface area contributed by atoms with Gasteiger partial charge in [-0.25, -0.2) is 15.0 Å². The molecule has 1 N–H and O–H groups in total. The highest BCUT2D eigenvalue weighted by atomic mass is 35.5. The van der Waals surface area contributed by atoms with Gasteiger partial charge in [0.05, 0.1) is 11.4 Å². The molecule has 0 aromatic carbocycles. The number of halogens is 1. The number of thioether (sulfide) groups is 1. The van der Waals surface area contributed by atoms with Crippen LogP contribution in [0.3, 0.4) is 0 Å². The molecule has 0 unspecified atom stereocenters. The first-order valence-electron chi connectivity index (χ1n) is 7.23. The van der Waals surface area contributed by atoms with Gasteiger partial charge in [0.1, 0.15) is 15.7 Å². The minimum absolute atomic E-state index is 0.149. The second kappa shape index (κ2) is 7.04. The van der Waals surface area contributed by atoms with Crippen molar-refractivity contribution < 1.29 is 4.79 Å². The van der Waals surface area contributed by atoms with Gasteiger partial charge in [0.25, 0.3) is 0 Å². The number of nitrogens with one attached hydrogen (secondary N) is 1. The zero-order chi connectivity index (χ0) is 17.3. The number of aryl methyl sites for hydroxylation is 3. The van der Waals surface area contributed by atoms with E-state index in [1.54, 1.807) is 29.7 Å². The molecule has 0 aliphatic heterocycles. The lowest BCUT2D eigenvalue weighted by molar-refractivity contribution is -0.113. The summed E-state index contributed by atoms with van der Waals surface area (Å²) in [5.74, 6) is 0.802. The number of thiophene rings is 1. The summed E-state index contributed by atoms with van der Waals surface area (Å²) < 4.78 is 0. The van der Waals surface area contributed by atoms with Gasteiger partial charge in [-0.1, -0.05) is 23.4 Å². The number of carbonyl (C=O) groups excluding carboxylic acids is 1. The summed E-state index contributed by atoms with van der Waals surface area (Å²) in [6.07, 6.45) is 1.58. The van der Waals surface area contributed by atoms with E-state index < -0.39 is 0 Å². The second-order valence-electron chi connectivity index (χ2n) is 5.22. The number of hydrogen-bond donors (Lipinski definition) is 1. The summed E-state index contributed by atoms with van der Waals surface area (Å²) >= 11 is 9.02. The quantitative estimate of drug-likeness (QED) is 0.414. The van der Waals surface area contributed by atoms with Crippen LogP contribution in [-0.4, -0.2) is 26.6 Å². The fraction of sp³-hybridized carbons (Fsp3) is 0.250. The Bertz CT molecular complexity index is 926. The van der Waals surface area contributed by atoms with E-state index in [0.29, 0.717) is 11.5 Å². The Morgan fingerprint density at radius 2 is 2.12 bits per heavy atom. The molecule has 0 saturated heterocycles. The summed E-state index contributed by atoms with van der Waals surface area (Å²) in [5, 5.41) is 4.93. The molecule has 24 heavy (non-hydrogen) atoms. The fourth-order valence-corrected chi connectivity index (χ4v) is 4.46. The van der Waals surface area contributed by atoms with Gasteiger partial charge < -0.3 is 5.32 Å². The Balaban J connectivity index is 1.78. The molecular weight excluding hydrogens is 364 g/mol. The van der Waals surface area contributed by atoms with Gasteiger partial charge in [-0.3, -0.25) is 4.79 Å². The summed E-state index contributed by atoms with van der Waals surface area (Å²) in [6.45, 7) is 6.00. The van der Waals surface area contributed by atoms with Gasteiger partial charge in [0.15, 0.2) is 5.15 Å². The van der Waals surface area contributed by atoms with Crippen LogP contribution in [0.5, 0.6) is 0 Å². The number of pyridine rings is 1. The molecule has 0 radical (unpaired) electrons. The lowest BCUT2D eigenvalue weighted by atomic mass is 10.2. The van der Waals surface area contributed by atoms with Crippen LogP contribution in [0, 0.1) is 20.8 Å². The first kappa shape index (κ1) is 17.1. The van der Waals surface area contributed by atoms with E-state index in [-0.39, 0.29) is 16.8 Å². The van der Waals surface area contributed by atoms with E-state index >= 15 is 0 Å². The number of amides is 1. The lowest BCUT2D eigenvalue weighted by Gasteiger charge is -2.07. The van der Waals surface area contributed by atoms with Crippen molar-refractivity contribution in [2.24, 2.45) is 0 Å². The standard InChI is InChI=1S/C16H15ClN4OS2/c1-8-9(2)24-16-13(8)15(19-10(3)20-16)23-7-12(22)21-11-5-4-6-18-14(11)17/h4-6H,7H2,1-3H3,(H,21,22). The molecule has 8 heteroatoms. The van der Waals surface area contributed by atoms with Gasteiger partial charge in [0, 0.05) is 16.5 Å². The van der Waals surface area contributed by atoms with E-state index in [1.165, 1.54) is 22.2 Å². The molecule has 0 saturated carbocycles. The van der Waals surface area contributed by atoms with Gasteiger partial charge >= 0.3 is 0 Å². The van der Waals surface area contributed by atoms with Crippen LogP contribution >= 0.6 is 34.7 Å². The van der Waals surface area contributed by atoms with Crippen LogP contribution < -0.4 is 5.32 Å². The van der Waals surface area contributed by atoms with Gasteiger partial charge in [-0.15, -0.1) is 11.3 Å². The third-order valence-corrected chi connectivity index (χ3v) is 5.86. The average molecular weight is 379 g/mol. The Kier molecular flexibility index (Phi) is 5.03. The van der Waals surface area contributed by atoms with Crippen LogP contribution in [0.2, 0.25) is 5.15 Å². The van der Waals surface area contributed by atoms with Gasteiger partial charge in [-0.05, 0) is 38.5 Å². The molecule has 124 valence electrons. The van der Waals surface area contributed by atoms with E-state index in [0.717, 1.165) is 15.2 Å². The predicted octanol–water partition coefficient (Wildman–Crippen LogP) is 4.40. The van der Waals surface area contributed by atoms with Crippen LogP contribution in [0.4, 0.5) is 5.69 Å². The molecule has 0 aliphatic rings. The molecule has 0 aliphatic carbocycles. The summed E-state index contributed by atoms with van der Waals surface area (Å²) in [4.78, 5) is 27.3. The Morgan fingerprint density at radius 3 is 2.88 bits per heavy atom. The highest BCUT2D eigenvalue weighted by molar-refractivity contribution is 8.00. The molecule has 0 spiro atoms. The topological polar surface area (TPSA) is 67.8 Å². The number of rotatable bonds is 4. The van der Waals surface area contributed by atoms with Crippen molar-refractivity contribution in [3.63, 3.8) is 0 Å². The molecule has 0 atom stereocenters. The van der Waals surface area contributed by atoms with Crippen molar-refractivity contribution in [2.45, 2.75) is 25.8 Å². The molecule has 3 aromatic rings. The molecule has 0 bridgehead atoms. The number of aromatic nitrogens is 3. The van der Waals surface area contributed by atoms with Crippen LogP contribution in [-0.2, 0) is 4.79 Å². The lowest BCUT2D eigenvalue weighted by Crippen LogP contribution is -2.14. The zero-order valence-corrected chi connectivity index (χ0v) is 15.8.